The van der Waals surface area contributed by atoms with E-state index in [0.29, 0.717) is 26.9 Å². The van der Waals surface area contributed by atoms with Crippen LogP contribution in [-0.2, 0) is 11.3 Å². The fourth-order valence-electron chi connectivity index (χ4n) is 2.96. The lowest BCUT2D eigenvalue weighted by Crippen LogP contribution is -2.32. The van der Waals surface area contributed by atoms with Crippen molar-refractivity contribution in [1.29, 1.82) is 0 Å². The van der Waals surface area contributed by atoms with Crippen LogP contribution in [0, 0.1) is 0 Å². The highest BCUT2D eigenvalue weighted by molar-refractivity contribution is 6.42. The molecule has 0 fully saturated rings. The van der Waals surface area contributed by atoms with Crippen molar-refractivity contribution in [2.75, 3.05) is 19.0 Å². The zero-order chi connectivity index (χ0) is 23.3. The number of carbonyl (C=O) groups is 3. The van der Waals surface area contributed by atoms with E-state index in [1.165, 1.54) is 22.2 Å². The maximum atomic E-state index is 13.2. The summed E-state index contributed by atoms with van der Waals surface area (Å²) in [5, 5.41) is 0.741. The quantitative estimate of drug-likeness (QED) is 0.379. The standard InChI is InChI=1S/C23H20Cl2N4O3/c1-28(2)23(32)16-5-3-6-17(12-16)29(14-15-7-8-18(24)19(25)11-15)21(31)13-20(30)22-26-9-4-10-27-22/h3-12H,13-14H2,1-2H3. The van der Waals surface area contributed by atoms with Gasteiger partial charge in [-0.25, -0.2) is 9.97 Å². The molecule has 2 aromatic carbocycles. The molecule has 7 nitrogen and oxygen atoms in total. The Kier molecular flexibility index (Phi) is 7.56. The van der Waals surface area contributed by atoms with Crippen molar-refractivity contribution in [2.24, 2.45) is 0 Å². The Hall–Kier alpha value is -3.29. The number of aromatic nitrogens is 2. The number of anilines is 1. The molecule has 1 aromatic heterocycles. The van der Waals surface area contributed by atoms with E-state index in [0.717, 1.165) is 0 Å². The SMILES string of the molecule is CN(C)C(=O)c1cccc(N(Cc2ccc(Cl)c(Cl)c2)C(=O)CC(=O)c2ncccn2)c1. The molecule has 0 atom stereocenters. The molecular formula is C23H20Cl2N4O3. The number of ketones is 1. The van der Waals surface area contributed by atoms with Gasteiger partial charge in [0.1, 0.15) is 0 Å². The zero-order valence-electron chi connectivity index (χ0n) is 17.5. The molecule has 2 amide bonds. The smallest absolute Gasteiger partial charge is 0.253 e. The molecule has 1 heterocycles. The molecule has 0 aliphatic carbocycles. The summed E-state index contributed by atoms with van der Waals surface area (Å²) in [7, 11) is 3.29. The summed E-state index contributed by atoms with van der Waals surface area (Å²) in [6.45, 7) is 0.123. The van der Waals surface area contributed by atoms with E-state index in [1.807, 2.05) is 0 Å². The van der Waals surface area contributed by atoms with Crippen LogP contribution in [0.25, 0.3) is 0 Å². The average molecular weight is 471 g/mol. The number of hydrogen-bond donors (Lipinski definition) is 0. The Morgan fingerprint density at radius 1 is 0.906 bits per heavy atom. The van der Waals surface area contributed by atoms with Gasteiger partial charge in [-0.15, -0.1) is 0 Å². The summed E-state index contributed by atoms with van der Waals surface area (Å²) in [5.74, 6) is -1.22. The van der Waals surface area contributed by atoms with Crippen LogP contribution in [0.2, 0.25) is 10.0 Å². The molecule has 0 bridgehead atoms. The number of halogens is 2. The van der Waals surface area contributed by atoms with E-state index in [2.05, 4.69) is 9.97 Å². The largest absolute Gasteiger partial charge is 0.345 e. The molecule has 3 rings (SSSR count). The lowest BCUT2D eigenvalue weighted by molar-refractivity contribution is -0.117. The zero-order valence-corrected chi connectivity index (χ0v) is 19.0. The van der Waals surface area contributed by atoms with E-state index in [9.17, 15) is 14.4 Å². The Morgan fingerprint density at radius 2 is 1.62 bits per heavy atom. The lowest BCUT2D eigenvalue weighted by Gasteiger charge is -2.24. The molecule has 9 heteroatoms. The van der Waals surface area contributed by atoms with Gasteiger partial charge >= 0.3 is 0 Å². The first-order valence-corrected chi connectivity index (χ1v) is 10.4. The average Bonchev–Trinajstić information content (AvgIpc) is 2.79. The maximum Gasteiger partial charge on any atom is 0.253 e. The summed E-state index contributed by atoms with van der Waals surface area (Å²) < 4.78 is 0. The van der Waals surface area contributed by atoms with Crippen molar-refractivity contribution in [3.8, 4) is 0 Å². The molecule has 3 aromatic rings. The van der Waals surface area contributed by atoms with Crippen molar-refractivity contribution >= 4 is 46.5 Å². The molecule has 0 unspecified atom stereocenters. The van der Waals surface area contributed by atoms with Crippen molar-refractivity contribution in [2.45, 2.75) is 13.0 Å². The second-order valence-electron chi connectivity index (χ2n) is 7.15. The third-order valence-electron chi connectivity index (χ3n) is 4.56. The van der Waals surface area contributed by atoms with Gasteiger partial charge in [-0.2, -0.15) is 0 Å². The van der Waals surface area contributed by atoms with Crippen molar-refractivity contribution in [3.05, 3.63) is 87.9 Å². The van der Waals surface area contributed by atoms with E-state index < -0.39 is 18.1 Å². The number of nitrogens with zero attached hydrogens (tertiary/aromatic N) is 4. The fourth-order valence-corrected chi connectivity index (χ4v) is 3.28. The van der Waals surface area contributed by atoms with Crippen LogP contribution in [0.5, 0.6) is 0 Å². The number of benzene rings is 2. The van der Waals surface area contributed by atoms with Crippen LogP contribution >= 0.6 is 23.2 Å². The van der Waals surface area contributed by atoms with Crippen molar-refractivity contribution in [3.63, 3.8) is 0 Å². The van der Waals surface area contributed by atoms with Gasteiger partial charge in [-0.1, -0.05) is 35.3 Å². The van der Waals surface area contributed by atoms with Crippen LogP contribution in [0.4, 0.5) is 5.69 Å². The van der Waals surface area contributed by atoms with E-state index >= 15 is 0 Å². The molecule has 0 aliphatic heterocycles. The van der Waals surface area contributed by atoms with Gasteiger partial charge in [-0.3, -0.25) is 14.4 Å². The monoisotopic (exact) mass is 470 g/mol. The maximum absolute atomic E-state index is 13.2. The minimum atomic E-state index is -0.504. The summed E-state index contributed by atoms with van der Waals surface area (Å²) in [6, 6.07) is 13.3. The highest BCUT2D eigenvalue weighted by Gasteiger charge is 2.23. The molecule has 0 N–H and O–H groups in total. The number of amides is 2. The second kappa shape index (κ2) is 10.3. The normalized spacial score (nSPS) is 10.5. The Bertz CT molecular complexity index is 1150. The summed E-state index contributed by atoms with van der Waals surface area (Å²) >= 11 is 12.1. The molecule has 0 saturated carbocycles. The number of rotatable bonds is 7. The molecule has 32 heavy (non-hydrogen) atoms. The first-order valence-electron chi connectivity index (χ1n) is 9.62. The minimum Gasteiger partial charge on any atom is -0.345 e. The summed E-state index contributed by atoms with van der Waals surface area (Å²) in [4.78, 5) is 48.8. The van der Waals surface area contributed by atoms with Crippen LogP contribution in [-0.4, -0.2) is 46.6 Å². The number of Topliss-reactive ketones (excluding diaryl/α,β-unsaturated/α-hetero) is 1. The molecule has 164 valence electrons. The highest BCUT2D eigenvalue weighted by Crippen LogP contribution is 2.26. The van der Waals surface area contributed by atoms with Gasteiger partial charge in [0.2, 0.25) is 11.7 Å². The van der Waals surface area contributed by atoms with Crippen LogP contribution < -0.4 is 4.90 Å². The fraction of sp³-hybridized carbons (Fsp3) is 0.174. The van der Waals surface area contributed by atoms with Crippen LogP contribution in [0.15, 0.2) is 60.9 Å². The predicted octanol–water partition coefficient (Wildman–Crippen LogP) is 4.29. The second-order valence-corrected chi connectivity index (χ2v) is 7.97. The van der Waals surface area contributed by atoms with E-state index in [4.69, 9.17) is 23.2 Å². The Morgan fingerprint density at radius 3 is 2.28 bits per heavy atom. The summed E-state index contributed by atoms with van der Waals surface area (Å²) in [5.41, 5.74) is 1.59. The molecular weight excluding hydrogens is 451 g/mol. The Balaban J connectivity index is 1.94. The summed E-state index contributed by atoms with van der Waals surface area (Å²) in [6.07, 6.45) is 2.44. The first-order chi connectivity index (χ1) is 15.3. The third kappa shape index (κ3) is 5.69. The van der Waals surface area contributed by atoms with Gasteiger partial charge < -0.3 is 9.80 Å². The lowest BCUT2D eigenvalue weighted by atomic mass is 10.1. The van der Waals surface area contributed by atoms with Gasteiger partial charge in [0.05, 0.1) is 23.0 Å². The third-order valence-corrected chi connectivity index (χ3v) is 5.30. The predicted molar refractivity (Wildman–Crippen MR) is 123 cm³/mol. The van der Waals surface area contributed by atoms with E-state index in [-0.39, 0.29) is 18.3 Å². The van der Waals surface area contributed by atoms with Crippen LogP contribution in [0.3, 0.4) is 0 Å². The molecule has 0 aliphatic rings. The van der Waals surface area contributed by atoms with Crippen molar-refractivity contribution in [1.82, 2.24) is 14.9 Å². The number of hydrogen-bond acceptors (Lipinski definition) is 5. The van der Waals surface area contributed by atoms with Crippen molar-refractivity contribution < 1.29 is 14.4 Å². The Labute approximate surface area is 195 Å². The van der Waals surface area contributed by atoms with E-state index in [1.54, 1.807) is 62.6 Å². The topological polar surface area (TPSA) is 83.5 Å². The molecule has 0 saturated heterocycles. The van der Waals surface area contributed by atoms with Gasteiger partial charge in [0.15, 0.2) is 5.82 Å². The van der Waals surface area contributed by atoms with Gasteiger partial charge in [0.25, 0.3) is 5.91 Å². The molecule has 0 spiro atoms. The molecule has 0 radical (unpaired) electrons. The minimum absolute atomic E-state index is 0.0353. The van der Waals surface area contributed by atoms with Crippen LogP contribution in [0.1, 0.15) is 33.0 Å². The number of carbonyl (C=O) groups excluding carboxylic acids is 3. The van der Waals surface area contributed by atoms with Gasteiger partial charge in [-0.05, 0) is 42.0 Å². The highest BCUT2D eigenvalue weighted by atomic mass is 35.5. The van der Waals surface area contributed by atoms with Gasteiger partial charge in [0, 0.05) is 37.7 Å². The first kappa shape index (κ1) is 23.4.